The largest absolute Gasteiger partial charge is 0.317 e. The van der Waals surface area contributed by atoms with Gasteiger partial charge in [0.05, 0.1) is 11.4 Å². The second-order valence-electron chi connectivity index (χ2n) is 15.5. The van der Waals surface area contributed by atoms with Gasteiger partial charge >= 0.3 is 0 Å². The van der Waals surface area contributed by atoms with Crippen molar-refractivity contribution in [1.29, 1.82) is 0 Å². The van der Waals surface area contributed by atoms with Gasteiger partial charge in [-0.25, -0.2) is 0 Å². The predicted octanol–water partition coefficient (Wildman–Crippen LogP) is 15.2. The molecule has 9 aromatic carbocycles. The van der Waals surface area contributed by atoms with Gasteiger partial charge in [0.2, 0.25) is 0 Å². The van der Waals surface area contributed by atoms with E-state index >= 15 is 0 Å². The van der Waals surface area contributed by atoms with E-state index in [0.717, 1.165) is 16.9 Å². The summed E-state index contributed by atoms with van der Waals surface area (Å²) in [5.74, 6) is 0. The van der Waals surface area contributed by atoms with E-state index in [2.05, 4.69) is 242 Å². The fraction of sp³-hybridized carbons (Fsp3) is 0.0545. The SMILES string of the molecule is CC1(C)c2ccccc2N(c2ccccc2)c2ccc(-c3ccc(-c4ccc(/C=C/N(c5ccc6ccccc6c5)c5ccc6ccccc6c5)cc4)cc3)cc21. The zero-order valence-corrected chi connectivity index (χ0v) is 32.2. The first-order valence-electron chi connectivity index (χ1n) is 19.7. The standard InChI is InChI=1S/C55H42N2/c1-55(2)51-18-10-11-19-53(51)57(48-16-4-3-5-17-48)54-33-30-47(38-52(54)55)44-26-24-43(25-27-44)42-22-20-39(21-23-42)34-35-56(49-31-28-40-12-6-8-14-45(40)36-49)50-32-29-41-13-7-9-15-46(41)37-50/h3-38H,1-2H3/b35-34+. The van der Waals surface area contributed by atoms with Gasteiger partial charge in [-0.2, -0.15) is 0 Å². The highest BCUT2D eigenvalue weighted by Crippen LogP contribution is 2.52. The van der Waals surface area contributed by atoms with Gasteiger partial charge in [0, 0.05) is 28.7 Å². The predicted molar refractivity (Wildman–Crippen MR) is 243 cm³/mol. The van der Waals surface area contributed by atoms with Crippen molar-refractivity contribution in [2.75, 3.05) is 9.80 Å². The Kier molecular flexibility index (Phi) is 8.53. The number of rotatable bonds is 7. The lowest BCUT2D eigenvalue weighted by Crippen LogP contribution is -2.30. The Morgan fingerprint density at radius 2 is 0.895 bits per heavy atom. The van der Waals surface area contributed by atoms with Crippen LogP contribution in [0.2, 0.25) is 0 Å². The van der Waals surface area contributed by atoms with Gasteiger partial charge in [-0.05, 0) is 121 Å². The summed E-state index contributed by atoms with van der Waals surface area (Å²) < 4.78 is 0. The van der Waals surface area contributed by atoms with Crippen molar-refractivity contribution in [2.45, 2.75) is 19.3 Å². The second-order valence-corrected chi connectivity index (χ2v) is 15.5. The summed E-state index contributed by atoms with van der Waals surface area (Å²) >= 11 is 0. The number of anilines is 5. The summed E-state index contributed by atoms with van der Waals surface area (Å²) in [6, 6.07) is 74.8. The molecule has 57 heavy (non-hydrogen) atoms. The van der Waals surface area contributed by atoms with Crippen molar-refractivity contribution in [3.8, 4) is 22.3 Å². The van der Waals surface area contributed by atoms with E-state index < -0.39 is 0 Å². The molecule has 0 N–H and O–H groups in total. The smallest absolute Gasteiger partial charge is 0.0503 e. The van der Waals surface area contributed by atoms with Gasteiger partial charge in [0.25, 0.3) is 0 Å². The van der Waals surface area contributed by atoms with Gasteiger partial charge in [0.1, 0.15) is 0 Å². The number of nitrogens with zero attached hydrogens (tertiary/aromatic N) is 2. The molecule has 9 aromatic rings. The summed E-state index contributed by atoms with van der Waals surface area (Å²) in [4.78, 5) is 4.69. The van der Waals surface area contributed by atoms with Crippen molar-refractivity contribution >= 4 is 56.1 Å². The first kappa shape index (κ1) is 34.3. The molecule has 2 heteroatoms. The van der Waals surface area contributed by atoms with Gasteiger partial charge in [-0.3, -0.25) is 0 Å². The summed E-state index contributed by atoms with van der Waals surface area (Å²) in [5.41, 5.74) is 14.4. The van der Waals surface area contributed by atoms with Crippen LogP contribution in [0.25, 0.3) is 49.9 Å². The molecule has 2 nitrogen and oxygen atoms in total. The van der Waals surface area contributed by atoms with E-state index in [0.29, 0.717) is 0 Å². The molecule has 0 amide bonds. The van der Waals surface area contributed by atoms with E-state index in [4.69, 9.17) is 0 Å². The van der Waals surface area contributed by atoms with Crippen LogP contribution in [-0.4, -0.2) is 0 Å². The molecule has 0 bridgehead atoms. The molecule has 1 aliphatic heterocycles. The molecule has 0 aromatic heterocycles. The highest BCUT2D eigenvalue weighted by atomic mass is 15.2. The topological polar surface area (TPSA) is 6.48 Å². The molecular weight excluding hydrogens is 689 g/mol. The maximum absolute atomic E-state index is 2.41. The van der Waals surface area contributed by atoms with Crippen LogP contribution < -0.4 is 9.80 Å². The zero-order valence-electron chi connectivity index (χ0n) is 32.2. The Bertz CT molecular complexity index is 2840. The Morgan fingerprint density at radius 1 is 0.404 bits per heavy atom. The molecule has 0 spiro atoms. The molecule has 10 rings (SSSR count). The van der Waals surface area contributed by atoms with E-state index in [1.165, 1.54) is 72.0 Å². The van der Waals surface area contributed by atoms with Crippen LogP contribution >= 0.6 is 0 Å². The van der Waals surface area contributed by atoms with Crippen LogP contribution in [0.15, 0.2) is 212 Å². The lowest BCUT2D eigenvalue weighted by atomic mass is 9.73. The molecule has 272 valence electrons. The summed E-state index contributed by atoms with van der Waals surface area (Å²) in [5, 5.41) is 4.92. The Balaban J connectivity index is 0.926. The van der Waals surface area contributed by atoms with Crippen LogP contribution in [0, 0.1) is 0 Å². The summed E-state index contributed by atoms with van der Waals surface area (Å²) in [6.45, 7) is 4.70. The van der Waals surface area contributed by atoms with Crippen molar-refractivity contribution in [3.63, 3.8) is 0 Å². The van der Waals surface area contributed by atoms with Gasteiger partial charge in [0.15, 0.2) is 0 Å². The average Bonchev–Trinajstić information content (AvgIpc) is 3.27. The molecule has 1 heterocycles. The minimum Gasteiger partial charge on any atom is -0.317 e. The molecule has 0 saturated heterocycles. The van der Waals surface area contributed by atoms with E-state index in [9.17, 15) is 0 Å². The lowest BCUT2D eigenvalue weighted by Gasteiger charge is -2.42. The third-order valence-electron chi connectivity index (χ3n) is 11.6. The number of benzene rings is 9. The van der Waals surface area contributed by atoms with E-state index in [1.54, 1.807) is 0 Å². The van der Waals surface area contributed by atoms with Crippen LogP contribution in [0.4, 0.5) is 28.4 Å². The third-order valence-corrected chi connectivity index (χ3v) is 11.6. The second kappa shape index (κ2) is 14.2. The minimum atomic E-state index is -0.147. The molecule has 0 atom stereocenters. The maximum atomic E-state index is 2.41. The third kappa shape index (κ3) is 6.36. The Labute approximate surface area is 335 Å². The van der Waals surface area contributed by atoms with E-state index in [1.807, 2.05) is 0 Å². The summed E-state index contributed by atoms with van der Waals surface area (Å²) in [6.07, 6.45) is 4.39. The number of hydrogen-bond acceptors (Lipinski definition) is 2. The lowest BCUT2D eigenvalue weighted by molar-refractivity contribution is 0.632. The maximum Gasteiger partial charge on any atom is 0.0503 e. The number of hydrogen-bond donors (Lipinski definition) is 0. The van der Waals surface area contributed by atoms with Crippen molar-refractivity contribution in [2.24, 2.45) is 0 Å². The van der Waals surface area contributed by atoms with Gasteiger partial charge in [-0.15, -0.1) is 0 Å². The molecule has 0 aliphatic carbocycles. The quantitative estimate of drug-likeness (QED) is 0.161. The van der Waals surface area contributed by atoms with Gasteiger partial charge < -0.3 is 9.80 Å². The molecule has 0 fully saturated rings. The fourth-order valence-electron chi connectivity index (χ4n) is 8.52. The molecule has 0 saturated carbocycles. The Hall–Kier alpha value is -7.16. The van der Waals surface area contributed by atoms with Crippen molar-refractivity contribution in [3.05, 3.63) is 229 Å². The van der Waals surface area contributed by atoms with Crippen LogP contribution in [0.3, 0.4) is 0 Å². The Morgan fingerprint density at radius 3 is 1.53 bits per heavy atom. The molecule has 0 radical (unpaired) electrons. The highest BCUT2D eigenvalue weighted by molar-refractivity contribution is 5.91. The molecule has 1 aliphatic rings. The summed E-state index contributed by atoms with van der Waals surface area (Å²) in [7, 11) is 0. The normalized spacial score (nSPS) is 13.1. The highest BCUT2D eigenvalue weighted by Gasteiger charge is 2.36. The first-order chi connectivity index (χ1) is 28.0. The number of fused-ring (bicyclic) bond motifs is 4. The van der Waals surface area contributed by atoms with Crippen molar-refractivity contribution < 1.29 is 0 Å². The molecule has 0 unspecified atom stereocenters. The van der Waals surface area contributed by atoms with Crippen LogP contribution in [0.1, 0.15) is 30.5 Å². The first-order valence-corrected chi connectivity index (χ1v) is 19.7. The molecular formula is C55H42N2. The average molecular weight is 731 g/mol. The van der Waals surface area contributed by atoms with E-state index in [-0.39, 0.29) is 5.41 Å². The van der Waals surface area contributed by atoms with Crippen LogP contribution in [-0.2, 0) is 5.41 Å². The van der Waals surface area contributed by atoms with Gasteiger partial charge in [-0.1, -0.05) is 166 Å². The monoisotopic (exact) mass is 730 g/mol. The fourth-order valence-corrected chi connectivity index (χ4v) is 8.52. The van der Waals surface area contributed by atoms with Crippen molar-refractivity contribution in [1.82, 2.24) is 0 Å². The minimum absolute atomic E-state index is 0.147. The number of para-hydroxylation sites is 2. The zero-order chi connectivity index (χ0) is 38.3. The van der Waals surface area contributed by atoms with Crippen LogP contribution in [0.5, 0.6) is 0 Å².